The molecule has 0 radical (unpaired) electrons. The van der Waals surface area contributed by atoms with Gasteiger partial charge in [0.25, 0.3) is 0 Å². The molecule has 0 saturated heterocycles. The summed E-state index contributed by atoms with van der Waals surface area (Å²) in [5, 5.41) is 3.09. The second-order valence-electron chi connectivity index (χ2n) is 6.97. The Morgan fingerprint density at radius 3 is 2.57 bits per heavy atom. The van der Waals surface area contributed by atoms with Crippen LogP contribution in [-0.4, -0.2) is 23.0 Å². The number of ether oxygens (including phenoxy) is 1. The number of H-pyrrole nitrogens is 1. The molecular formula is C25H23N3O2. The normalized spacial score (nSPS) is 12.2. The van der Waals surface area contributed by atoms with Crippen molar-refractivity contribution < 1.29 is 9.53 Å². The number of imidazole rings is 1. The fourth-order valence-electron chi connectivity index (χ4n) is 3.39. The first-order valence-corrected chi connectivity index (χ1v) is 9.83. The van der Waals surface area contributed by atoms with Crippen molar-refractivity contribution >= 4 is 23.0 Å². The van der Waals surface area contributed by atoms with Crippen molar-refractivity contribution in [2.24, 2.45) is 0 Å². The smallest absolute Gasteiger partial charge is 0.244 e. The van der Waals surface area contributed by atoms with E-state index in [2.05, 4.69) is 10.3 Å². The van der Waals surface area contributed by atoms with Crippen molar-refractivity contribution in [3.63, 3.8) is 0 Å². The molecule has 1 atom stereocenters. The summed E-state index contributed by atoms with van der Waals surface area (Å²) in [6.45, 7) is 0. The van der Waals surface area contributed by atoms with Gasteiger partial charge in [-0.05, 0) is 36.3 Å². The predicted molar refractivity (Wildman–Crippen MR) is 119 cm³/mol. The van der Waals surface area contributed by atoms with Gasteiger partial charge in [0, 0.05) is 11.6 Å². The first kappa shape index (κ1) is 19.5. The number of fused-ring (bicyclic) bond motifs is 1. The highest BCUT2D eigenvalue weighted by Gasteiger charge is 2.18. The minimum absolute atomic E-state index is 0.192. The van der Waals surface area contributed by atoms with Gasteiger partial charge < -0.3 is 15.0 Å². The number of methoxy groups -OCH3 is 1. The number of amides is 1. The Balaban J connectivity index is 1.57. The summed E-state index contributed by atoms with van der Waals surface area (Å²) in [4.78, 5) is 20.8. The fourth-order valence-corrected chi connectivity index (χ4v) is 3.39. The number of hydrogen-bond donors (Lipinski definition) is 2. The lowest BCUT2D eigenvalue weighted by atomic mass is 10.1. The van der Waals surface area contributed by atoms with Gasteiger partial charge in [-0.15, -0.1) is 0 Å². The van der Waals surface area contributed by atoms with E-state index in [0.717, 1.165) is 33.7 Å². The molecule has 2 N–H and O–H groups in total. The zero-order chi connectivity index (χ0) is 20.8. The molecule has 0 bridgehead atoms. The van der Waals surface area contributed by atoms with E-state index >= 15 is 0 Å². The van der Waals surface area contributed by atoms with Crippen LogP contribution in [0.25, 0.3) is 17.1 Å². The Hall–Kier alpha value is -3.86. The van der Waals surface area contributed by atoms with Gasteiger partial charge in [0.15, 0.2) is 0 Å². The average molecular weight is 397 g/mol. The number of hydrogen-bond acceptors (Lipinski definition) is 3. The van der Waals surface area contributed by atoms with Crippen molar-refractivity contribution in [1.82, 2.24) is 15.3 Å². The van der Waals surface area contributed by atoms with Crippen LogP contribution in [0.1, 0.15) is 23.0 Å². The van der Waals surface area contributed by atoms with Gasteiger partial charge in [-0.25, -0.2) is 4.98 Å². The van der Waals surface area contributed by atoms with Crippen molar-refractivity contribution in [3.8, 4) is 5.75 Å². The third-order valence-electron chi connectivity index (χ3n) is 4.89. The van der Waals surface area contributed by atoms with E-state index in [4.69, 9.17) is 9.72 Å². The average Bonchev–Trinajstić information content (AvgIpc) is 3.22. The molecule has 4 aromatic rings. The molecule has 0 spiro atoms. The summed E-state index contributed by atoms with van der Waals surface area (Å²) in [6.07, 6.45) is 3.92. The molecule has 0 saturated carbocycles. The second kappa shape index (κ2) is 9.09. The molecule has 0 aliphatic heterocycles. The van der Waals surface area contributed by atoms with Crippen LogP contribution < -0.4 is 10.1 Å². The van der Waals surface area contributed by atoms with Crippen LogP contribution in [0.2, 0.25) is 0 Å². The zero-order valence-corrected chi connectivity index (χ0v) is 16.7. The van der Waals surface area contributed by atoms with Crippen molar-refractivity contribution in [3.05, 3.63) is 102 Å². The van der Waals surface area contributed by atoms with E-state index in [1.807, 2.05) is 78.9 Å². The lowest BCUT2D eigenvalue weighted by molar-refractivity contribution is -0.117. The molecule has 4 rings (SSSR count). The Labute approximate surface area is 175 Å². The summed E-state index contributed by atoms with van der Waals surface area (Å²) in [7, 11) is 1.62. The van der Waals surface area contributed by atoms with Gasteiger partial charge in [0.1, 0.15) is 11.6 Å². The predicted octanol–water partition coefficient (Wildman–Crippen LogP) is 4.68. The molecule has 1 amide bonds. The van der Waals surface area contributed by atoms with Crippen LogP contribution in [0, 0.1) is 0 Å². The largest absolute Gasteiger partial charge is 0.496 e. The number of carbonyl (C=O) groups excluding carboxylic acids is 1. The monoisotopic (exact) mass is 397 g/mol. The first-order valence-electron chi connectivity index (χ1n) is 9.83. The number of rotatable bonds is 7. The third-order valence-corrected chi connectivity index (χ3v) is 4.89. The Bertz CT molecular complexity index is 1130. The molecule has 0 aliphatic carbocycles. The van der Waals surface area contributed by atoms with Crippen molar-refractivity contribution in [1.29, 1.82) is 0 Å². The highest BCUT2D eigenvalue weighted by atomic mass is 16.5. The number of aromatic amines is 1. The fraction of sp³-hybridized carbons (Fsp3) is 0.120. The standard InChI is InChI=1S/C25H23N3O2/c1-30-23-14-8-5-11-19(23)15-16-24(29)26-22(17-18-9-3-2-4-10-18)25-27-20-12-6-7-13-21(20)28-25/h2-16,22H,17H2,1H3,(H,26,29)(H,27,28). The number of carbonyl (C=O) groups is 1. The maximum atomic E-state index is 12.7. The topological polar surface area (TPSA) is 67.0 Å². The van der Waals surface area contributed by atoms with Crippen LogP contribution in [0.4, 0.5) is 0 Å². The highest BCUT2D eigenvalue weighted by molar-refractivity contribution is 5.92. The molecule has 3 aromatic carbocycles. The van der Waals surface area contributed by atoms with E-state index in [1.54, 1.807) is 13.2 Å². The van der Waals surface area contributed by atoms with E-state index < -0.39 is 0 Å². The molecule has 30 heavy (non-hydrogen) atoms. The number of benzene rings is 3. The van der Waals surface area contributed by atoms with Gasteiger partial charge in [-0.2, -0.15) is 0 Å². The van der Waals surface area contributed by atoms with E-state index in [9.17, 15) is 4.79 Å². The highest BCUT2D eigenvalue weighted by Crippen LogP contribution is 2.21. The molecule has 0 fully saturated rings. The Kier molecular flexibility index (Phi) is 5.90. The summed E-state index contributed by atoms with van der Waals surface area (Å²) in [5.74, 6) is 1.26. The molecule has 1 unspecified atom stereocenters. The molecule has 0 aliphatic rings. The van der Waals surface area contributed by atoms with Gasteiger partial charge in [-0.1, -0.05) is 60.7 Å². The Morgan fingerprint density at radius 2 is 1.77 bits per heavy atom. The maximum absolute atomic E-state index is 12.7. The summed E-state index contributed by atoms with van der Waals surface area (Å²) in [5.41, 5.74) is 3.80. The van der Waals surface area contributed by atoms with Crippen LogP contribution in [-0.2, 0) is 11.2 Å². The van der Waals surface area contributed by atoms with Gasteiger partial charge in [0.05, 0.1) is 24.2 Å². The van der Waals surface area contributed by atoms with Crippen LogP contribution >= 0.6 is 0 Å². The van der Waals surface area contributed by atoms with Crippen molar-refractivity contribution in [2.45, 2.75) is 12.5 Å². The number of nitrogens with zero attached hydrogens (tertiary/aromatic N) is 1. The summed E-state index contributed by atoms with van der Waals surface area (Å²) >= 11 is 0. The summed E-state index contributed by atoms with van der Waals surface area (Å²) < 4.78 is 5.34. The van der Waals surface area contributed by atoms with Crippen LogP contribution in [0.5, 0.6) is 5.75 Å². The first-order chi connectivity index (χ1) is 14.7. The SMILES string of the molecule is COc1ccccc1C=CC(=O)NC(Cc1ccccc1)c1nc2ccccc2[nH]1. The Morgan fingerprint density at radius 1 is 1.03 bits per heavy atom. The van der Waals surface area contributed by atoms with Crippen molar-refractivity contribution in [2.75, 3.05) is 7.11 Å². The molecule has 1 heterocycles. The maximum Gasteiger partial charge on any atom is 0.244 e. The van der Waals surface area contributed by atoms with E-state index in [0.29, 0.717) is 6.42 Å². The number of aromatic nitrogens is 2. The molecular weight excluding hydrogens is 374 g/mol. The van der Waals surface area contributed by atoms with Gasteiger partial charge in [0.2, 0.25) is 5.91 Å². The third kappa shape index (κ3) is 4.58. The zero-order valence-electron chi connectivity index (χ0n) is 16.7. The molecule has 150 valence electrons. The number of nitrogens with one attached hydrogen (secondary N) is 2. The summed E-state index contributed by atoms with van der Waals surface area (Å²) in [6, 6.07) is 25.2. The van der Waals surface area contributed by atoms with Crippen LogP contribution in [0.15, 0.2) is 84.9 Å². The van der Waals surface area contributed by atoms with E-state index in [-0.39, 0.29) is 11.9 Å². The van der Waals surface area contributed by atoms with E-state index in [1.165, 1.54) is 6.08 Å². The van der Waals surface area contributed by atoms with Gasteiger partial charge >= 0.3 is 0 Å². The van der Waals surface area contributed by atoms with Gasteiger partial charge in [-0.3, -0.25) is 4.79 Å². The van der Waals surface area contributed by atoms with Crippen LogP contribution in [0.3, 0.4) is 0 Å². The molecule has 1 aromatic heterocycles. The molecule has 5 nitrogen and oxygen atoms in total. The number of para-hydroxylation sites is 3. The second-order valence-corrected chi connectivity index (χ2v) is 6.97. The lowest BCUT2D eigenvalue weighted by Crippen LogP contribution is -2.29. The lowest BCUT2D eigenvalue weighted by Gasteiger charge is -2.16. The molecule has 5 heteroatoms. The quantitative estimate of drug-likeness (QED) is 0.445. The minimum atomic E-state index is -0.283. The minimum Gasteiger partial charge on any atom is -0.496 e.